The first-order valence-electron chi connectivity index (χ1n) is 0. The Bertz CT molecular complexity index is 25.8. The van der Waals surface area contributed by atoms with Gasteiger partial charge in [-0.1, -0.05) is 0 Å². The zero-order chi connectivity index (χ0) is 0. The molecule has 8 heteroatoms. The molecule has 8 heavy (non-hydrogen) atoms. The summed E-state index contributed by atoms with van der Waals surface area (Å²) in [5.41, 5.74) is 0. The SMILES string of the molecule is Cl.Cl.Cl.Cl.[Ca+2].[Ca+2].[H-].[H-].[H-].[H-].[H-].[H-].[Na+].[Na+]. The Hall–Kier alpha value is 5.68. The summed E-state index contributed by atoms with van der Waals surface area (Å²) in [6.07, 6.45) is 0. The summed E-state index contributed by atoms with van der Waals surface area (Å²) in [6, 6.07) is 0. The summed E-state index contributed by atoms with van der Waals surface area (Å²) in [7, 11) is 0. The van der Waals surface area contributed by atoms with Gasteiger partial charge in [0.15, 0.2) is 0 Å². The Morgan fingerprint density at radius 2 is 0.500 bits per heavy atom. The van der Waals surface area contributed by atoms with E-state index in [1.165, 1.54) is 0 Å². The Morgan fingerprint density at radius 1 is 0.500 bits per heavy atom. The minimum atomic E-state index is 0. The van der Waals surface area contributed by atoms with Crippen molar-refractivity contribution in [3.05, 3.63) is 0 Å². The van der Waals surface area contributed by atoms with Gasteiger partial charge in [0.25, 0.3) is 0 Å². The maximum Gasteiger partial charge on any atom is 2.00 e. The van der Waals surface area contributed by atoms with Crippen LogP contribution in [0.2, 0.25) is 0 Å². The smallest absolute Gasteiger partial charge is 1.00 e. The molecule has 0 N–H and O–H groups in total. The van der Waals surface area contributed by atoms with E-state index in [0.717, 1.165) is 0 Å². The van der Waals surface area contributed by atoms with Gasteiger partial charge in [0.05, 0.1) is 0 Å². The zero-order valence-electron chi connectivity index (χ0n) is 11.0. The maximum absolute atomic E-state index is 0. The fourth-order valence-corrected chi connectivity index (χ4v) is 0. The molecule has 0 heterocycles. The van der Waals surface area contributed by atoms with Crippen LogP contribution in [0.25, 0.3) is 0 Å². The first-order valence-corrected chi connectivity index (χ1v) is 0. The van der Waals surface area contributed by atoms with Crippen molar-refractivity contribution < 1.29 is 67.7 Å². The molecular weight excluding hydrogens is 268 g/mol. The van der Waals surface area contributed by atoms with Crippen LogP contribution >= 0.6 is 49.6 Å². The van der Waals surface area contributed by atoms with Gasteiger partial charge in [0.1, 0.15) is 0 Å². The molecule has 0 spiro atoms. The molecule has 0 aliphatic rings. The number of hydrogen-bond acceptors (Lipinski definition) is 0. The van der Waals surface area contributed by atoms with Crippen LogP contribution in [0.4, 0.5) is 0 Å². The van der Waals surface area contributed by atoms with Gasteiger partial charge in [0.2, 0.25) is 0 Å². The van der Waals surface area contributed by atoms with E-state index in [0.29, 0.717) is 0 Å². The fourth-order valence-electron chi connectivity index (χ4n) is 0. The third-order valence-corrected chi connectivity index (χ3v) is 0. The standard InChI is InChI=1S/2Ca.4ClH.2Na.6H/h;;4*1H;;;;;;;;/q2*+2;;;;;2*+1;6*-1. The molecule has 0 nitrogen and oxygen atoms in total. The molecule has 0 atom stereocenters. The number of rotatable bonds is 0. The zero-order valence-corrected chi connectivity index (χ0v) is 16.7. The summed E-state index contributed by atoms with van der Waals surface area (Å²) in [4.78, 5) is 0. The Kier molecular flexibility index (Phi) is 457. The van der Waals surface area contributed by atoms with Crippen molar-refractivity contribution >= 4 is 125 Å². The largest absolute Gasteiger partial charge is 2.00 e. The van der Waals surface area contributed by atoms with Crippen LogP contribution in [-0.4, -0.2) is 75.5 Å². The van der Waals surface area contributed by atoms with Crippen LogP contribution < -0.4 is 59.1 Å². The van der Waals surface area contributed by atoms with E-state index < -0.39 is 0 Å². The summed E-state index contributed by atoms with van der Waals surface area (Å²) in [5, 5.41) is 0. The van der Waals surface area contributed by atoms with E-state index in [-0.39, 0.29) is 193 Å². The van der Waals surface area contributed by atoms with Gasteiger partial charge >= 0.3 is 135 Å². The second-order valence-electron chi connectivity index (χ2n) is 0. The maximum atomic E-state index is 0. The topological polar surface area (TPSA) is 0 Å². The number of halogens is 4. The molecule has 0 aromatic heterocycles. The molecule has 0 unspecified atom stereocenters. The fraction of sp³-hybridized carbons (Fsp3) is 0. The number of hydrogen-bond donors (Lipinski definition) is 0. The first-order chi connectivity index (χ1) is 0. The molecular formula is H10Ca2Cl4Na2. The van der Waals surface area contributed by atoms with Crippen molar-refractivity contribution in [2.24, 2.45) is 0 Å². The Morgan fingerprint density at radius 3 is 0.500 bits per heavy atom. The van der Waals surface area contributed by atoms with Crippen molar-refractivity contribution in [1.29, 1.82) is 0 Å². The van der Waals surface area contributed by atoms with Crippen LogP contribution in [-0.2, 0) is 0 Å². The molecule has 0 aromatic carbocycles. The minimum Gasteiger partial charge on any atom is -1.00 e. The minimum absolute atomic E-state index is 0. The molecule has 44 valence electrons. The van der Waals surface area contributed by atoms with Crippen LogP contribution in [0.5, 0.6) is 0 Å². The average molecular weight is 278 g/mol. The van der Waals surface area contributed by atoms with E-state index in [4.69, 9.17) is 0 Å². The van der Waals surface area contributed by atoms with Crippen LogP contribution in [0.15, 0.2) is 0 Å². The van der Waals surface area contributed by atoms with Gasteiger partial charge in [-0.05, 0) is 0 Å². The molecule has 0 saturated heterocycles. The molecule has 0 bridgehead atoms. The summed E-state index contributed by atoms with van der Waals surface area (Å²) in [6.45, 7) is 0. The quantitative estimate of drug-likeness (QED) is 0.393. The van der Waals surface area contributed by atoms with Crippen LogP contribution in [0, 0.1) is 0 Å². The molecule has 0 aromatic rings. The molecule has 0 aliphatic carbocycles. The second-order valence-corrected chi connectivity index (χ2v) is 0. The van der Waals surface area contributed by atoms with Crippen molar-refractivity contribution in [2.45, 2.75) is 0 Å². The van der Waals surface area contributed by atoms with Crippen LogP contribution in [0.3, 0.4) is 0 Å². The third-order valence-electron chi connectivity index (χ3n) is 0. The first kappa shape index (κ1) is 68.2. The van der Waals surface area contributed by atoms with Gasteiger partial charge in [-0.25, -0.2) is 0 Å². The molecule has 0 radical (unpaired) electrons. The van der Waals surface area contributed by atoms with Gasteiger partial charge in [0, 0.05) is 0 Å². The summed E-state index contributed by atoms with van der Waals surface area (Å²) >= 11 is 0. The Balaban J connectivity index is 0. The second kappa shape index (κ2) is 53.6. The van der Waals surface area contributed by atoms with E-state index in [1.807, 2.05) is 0 Å². The van der Waals surface area contributed by atoms with E-state index >= 15 is 0 Å². The normalized spacial score (nSPS) is 0. The predicted molar refractivity (Wildman–Crippen MR) is 47.2 cm³/mol. The molecule has 0 saturated carbocycles. The van der Waals surface area contributed by atoms with Gasteiger partial charge in [-0.2, -0.15) is 0 Å². The van der Waals surface area contributed by atoms with Crippen molar-refractivity contribution in [2.75, 3.05) is 0 Å². The van der Waals surface area contributed by atoms with Gasteiger partial charge < -0.3 is 8.56 Å². The van der Waals surface area contributed by atoms with Crippen molar-refractivity contribution in [3.63, 3.8) is 0 Å². The van der Waals surface area contributed by atoms with E-state index in [2.05, 4.69) is 0 Å². The van der Waals surface area contributed by atoms with Gasteiger partial charge in [-0.3, -0.25) is 0 Å². The van der Waals surface area contributed by atoms with Crippen molar-refractivity contribution in [3.8, 4) is 0 Å². The molecule has 0 amide bonds. The van der Waals surface area contributed by atoms with E-state index in [1.54, 1.807) is 0 Å². The monoisotopic (exact) mass is 276 g/mol. The van der Waals surface area contributed by atoms with E-state index in [9.17, 15) is 0 Å². The Labute approximate surface area is 188 Å². The molecule has 0 aliphatic heterocycles. The van der Waals surface area contributed by atoms with Gasteiger partial charge in [-0.15, -0.1) is 49.6 Å². The third kappa shape index (κ3) is 41.3. The average Bonchev–Trinajstić information content (AvgIpc) is 0. The molecule has 0 fully saturated rings. The predicted octanol–water partition coefficient (Wildman–Crippen LogP) is -4.39. The molecule has 0 rings (SSSR count). The van der Waals surface area contributed by atoms with Crippen LogP contribution in [0.1, 0.15) is 8.56 Å². The summed E-state index contributed by atoms with van der Waals surface area (Å²) in [5.74, 6) is 0. The van der Waals surface area contributed by atoms with Crippen molar-refractivity contribution in [1.82, 2.24) is 0 Å². The summed E-state index contributed by atoms with van der Waals surface area (Å²) < 4.78 is 0.